The molecule has 1 aromatic heterocycles. The number of benzene rings is 1. The Bertz CT molecular complexity index is 765. The minimum Gasteiger partial charge on any atom is -0.497 e. The number of carboxylic acids is 2. The van der Waals surface area contributed by atoms with Gasteiger partial charge in [0.2, 0.25) is 0 Å². The van der Waals surface area contributed by atoms with E-state index < -0.39 is 24.0 Å². The van der Waals surface area contributed by atoms with Gasteiger partial charge in [0.05, 0.1) is 7.11 Å². The Morgan fingerprint density at radius 2 is 1.67 bits per heavy atom. The molecule has 0 aliphatic heterocycles. The van der Waals surface area contributed by atoms with E-state index in [1.807, 2.05) is 38.1 Å². The fraction of sp³-hybridized carbons (Fsp3) is 0.400. The van der Waals surface area contributed by atoms with E-state index in [4.69, 9.17) is 9.15 Å². The van der Waals surface area contributed by atoms with Crippen LogP contribution in [0.25, 0.3) is 11.3 Å². The van der Waals surface area contributed by atoms with Gasteiger partial charge in [-0.3, -0.25) is 14.9 Å². The van der Waals surface area contributed by atoms with Crippen molar-refractivity contribution < 1.29 is 29.0 Å². The summed E-state index contributed by atoms with van der Waals surface area (Å²) < 4.78 is 10.9. The molecule has 2 aromatic rings. The Hall–Kier alpha value is -2.80. The Balaban J connectivity index is 2.11. The van der Waals surface area contributed by atoms with Gasteiger partial charge in [-0.05, 0) is 48.7 Å². The number of ether oxygens (including phenoxy) is 1. The third-order valence-corrected chi connectivity index (χ3v) is 4.15. The lowest BCUT2D eigenvalue weighted by Gasteiger charge is -2.21. The summed E-state index contributed by atoms with van der Waals surface area (Å²) in [6.45, 7) is 3.78. The van der Waals surface area contributed by atoms with Crippen LogP contribution < -0.4 is 10.1 Å². The number of carbonyl (C=O) groups is 2. The minimum absolute atomic E-state index is 0.0490. The molecule has 27 heavy (non-hydrogen) atoms. The monoisotopic (exact) mass is 375 g/mol. The molecule has 0 fully saturated rings. The molecule has 7 heteroatoms. The van der Waals surface area contributed by atoms with Gasteiger partial charge < -0.3 is 19.4 Å². The normalized spacial score (nSPS) is 13.3. The van der Waals surface area contributed by atoms with E-state index in [2.05, 4.69) is 5.32 Å². The summed E-state index contributed by atoms with van der Waals surface area (Å²) in [4.78, 5) is 23.0. The lowest BCUT2D eigenvalue weighted by atomic mass is 10.0. The van der Waals surface area contributed by atoms with Crippen molar-refractivity contribution >= 4 is 11.9 Å². The van der Waals surface area contributed by atoms with Crippen LogP contribution in [0.4, 0.5) is 0 Å². The van der Waals surface area contributed by atoms with Gasteiger partial charge in [-0.15, -0.1) is 0 Å². The Labute approximate surface area is 158 Å². The van der Waals surface area contributed by atoms with Crippen LogP contribution in [0.5, 0.6) is 5.75 Å². The van der Waals surface area contributed by atoms with Crippen molar-refractivity contribution in [2.24, 2.45) is 5.92 Å². The van der Waals surface area contributed by atoms with E-state index in [1.165, 1.54) is 0 Å². The van der Waals surface area contributed by atoms with Gasteiger partial charge in [0.15, 0.2) is 0 Å². The van der Waals surface area contributed by atoms with Crippen LogP contribution in [0.1, 0.15) is 26.0 Å². The standard InChI is InChI=1S/C20H25NO6/c1-12(2)10-16(19(22)23)21-17(20(24)25)11-15-8-9-18(27-15)13-4-6-14(26-3)7-5-13/h4-9,12,16-17,21H,10-11H2,1-3H3,(H,22,23)(H,24,25)/t16?,17-/m0/s1. The van der Waals surface area contributed by atoms with Crippen LogP contribution in [0.3, 0.4) is 0 Å². The lowest BCUT2D eigenvalue weighted by molar-refractivity contribution is -0.143. The van der Waals surface area contributed by atoms with Gasteiger partial charge in [-0.2, -0.15) is 0 Å². The number of furan rings is 1. The molecule has 146 valence electrons. The summed E-state index contributed by atoms with van der Waals surface area (Å²) in [5, 5.41) is 21.5. The predicted molar refractivity (Wildman–Crippen MR) is 99.8 cm³/mol. The maximum absolute atomic E-state index is 11.6. The molecule has 0 spiro atoms. The van der Waals surface area contributed by atoms with E-state index in [0.29, 0.717) is 17.9 Å². The number of hydrogen-bond donors (Lipinski definition) is 3. The van der Waals surface area contributed by atoms with E-state index in [9.17, 15) is 19.8 Å². The SMILES string of the molecule is COc1ccc(-c2ccc(C[C@H](NC(CC(C)C)C(=O)O)C(=O)O)o2)cc1. The number of hydrogen-bond acceptors (Lipinski definition) is 5. The average molecular weight is 375 g/mol. The molecule has 0 saturated carbocycles. The number of nitrogens with one attached hydrogen (secondary N) is 1. The first-order chi connectivity index (χ1) is 12.8. The average Bonchev–Trinajstić information content (AvgIpc) is 3.08. The highest BCUT2D eigenvalue weighted by Gasteiger charge is 2.27. The van der Waals surface area contributed by atoms with Crippen molar-refractivity contribution in [3.05, 3.63) is 42.2 Å². The van der Waals surface area contributed by atoms with E-state index >= 15 is 0 Å². The van der Waals surface area contributed by atoms with Crippen molar-refractivity contribution in [3.63, 3.8) is 0 Å². The van der Waals surface area contributed by atoms with Crippen molar-refractivity contribution in [1.82, 2.24) is 5.32 Å². The first-order valence-corrected chi connectivity index (χ1v) is 8.75. The number of aliphatic carboxylic acids is 2. The summed E-state index contributed by atoms with van der Waals surface area (Å²) >= 11 is 0. The maximum atomic E-state index is 11.6. The quantitative estimate of drug-likeness (QED) is 0.585. The molecule has 1 aromatic carbocycles. The highest BCUT2D eigenvalue weighted by atomic mass is 16.5. The second kappa shape index (κ2) is 9.23. The molecule has 0 saturated heterocycles. The molecule has 3 N–H and O–H groups in total. The Morgan fingerprint density at radius 3 is 2.19 bits per heavy atom. The zero-order chi connectivity index (χ0) is 20.0. The summed E-state index contributed by atoms with van der Waals surface area (Å²) in [5.74, 6) is -0.257. The molecule has 7 nitrogen and oxygen atoms in total. The van der Waals surface area contributed by atoms with Gasteiger partial charge in [-0.25, -0.2) is 0 Å². The Kier molecular flexibility index (Phi) is 7.01. The topological polar surface area (TPSA) is 109 Å². The van der Waals surface area contributed by atoms with Gasteiger partial charge in [0.25, 0.3) is 0 Å². The highest BCUT2D eigenvalue weighted by molar-refractivity contribution is 5.77. The number of carboxylic acid groups (broad SMARTS) is 2. The molecule has 1 heterocycles. The van der Waals surface area contributed by atoms with E-state index in [-0.39, 0.29) is 12.3 Å². The second-order valence-corrected chi connectivity index (χ2v) is 6.78. The van der Waals surface area contributed by atoms with Gasteiger partial charge in [0.1, 0.15) is 29.4 Å². The van der Waals surface area contributed by atoms with Crippen LogP contribution in [0.2, 0.25) is 0 Å². The third kappa shape index (κ3) is 5.86. The van der Waals surface area contributed by atoms with Crippen LogP contribution in [-0.4, -0.2) is 41.3 Å². The fourth-order valence-electron chi connectivity index (χ4n) is 2.77. The van der Waals surface area contributed by atoms with E-state index in [1.54, 1.807) is 19.2 Å². The van der Waals surface area contributed by atoms with Crippen LogP contribution >= 0.6 is 0 Å². The van der Waals surface area contributed by atoms with E-state index in [0.717, 1.165) is 11.3 Å². The molecule has 0 aliphatic rings. The summed E-state index contributed by atoms with van der Waals surface area (Å²) in [7, 11) is 1.59. The Morgan fingerprint density at radius 1 is 1.04 bits per heavy atom. The smallest absolute Gasteiger partial charge is 0.321 e. The molecule has 0 radical (unpaired) electrons. The molecule has 2 rings (SSSR count). The van der Waals surface area contributed by atoms with Crippen molar-refractivity contribution in [2.45, 2.75) is 38.8 Å². The molecule has 1 unspecified atom stereocenters. The number of methoxy groups -OCH3 is 1. The first kappa shape index (κ1) is 20.5. The zero-order valence-electron chi connectivity index (χ0n) is 15.6. The van der Waals surface area contributed by atoms with Crippen LogP contribution in [0, 0.1) is 5.92 Å². The molecule has 2 atom stereocenters. The highest BCUT2D eigenvalue weighted by Crippen LogP contribution is 2.25. The maximum Gasteiger partial charge on any atom is 0.321 e. The molecule has 0 bridgehead atoms. The zero-order valence-corrected chi connectivity index (χ0v) is 15.6. The van der Waals surface area contributed by atoms with Crippen molar-refractivity contribution in [3.8, 4) is 17.1 Å². The summed E-state index contributed by atoms with van der Waals surface area (Å²) in [5.41, 5.74) is 0.838. The van der Waals surface area contributed by atoms with Gasteiger partial charge >= 0.3 is 11.9 Å². The summed E-state index contributed by atoms with van der Waals surface area (Å²) in [6.07, 6.45) is 0.391. The van der Waals surface area contributed by atoms with Crippen molar-refractivity contribution in [1.29, 1.82) is 0 Å². The van der Waals surface area contributed by atoms with Crippen LogP contribution in [-0.2, 0) is 16.0 Å². The van der Waals surface area contributed by atoms with Gasteiger partial charge in [-0.1, -0.05) is 13.8 Å². The number of rotatable bonds is 10. The summed E-state index contributed by atoms with van der Waals surface area (Å²) in [6, 6.07) is 8.79. The second-order valence-electron chi connectivity index (χ2n) is 6.78. The molecular formula is C20H25NO6. The van der Waals surface area contributed by atoms with Crippen molar-refractivity contribution in [2.75, 3.05) is 7.11 Å². The molecule has 0 aliphatic carbocycles. The predicted octanol–water partition coefficient (Wildman–Crippen LogP) is 3.04. The largest absolute Gasteiger partial charge is 0.497 e. The molecule has 0 amide bonds. The minimum atomic E-state index is -1.12. The fourth-order valence-corrected chi connectivity index (χ4v) is 2.77. The first-order valence-electron chi connectivity index (χ1n) is 8.75. The lowest BCUT2D eigenvalue weighted by Crippen LogP contribution is -2.48. The molecular weight excluding hydrogens is 350 g/mol. The van der Waals surface area contributed by atoms with Gasteiger partial charge in [0, 0.05) is 12.0 Å². The third-order valence-electron chi connectivity index (χ3n) is 4.15. The van der Waals surface area contributed by atoms with Crippen LogP contribution in [0.15, 0.2) is 40.8 Å².